The first-order valence-corrected chi connectivity index (χ1v) is 10.3. The van der Waals surface area contributed by atoms with E-state index in [1.165, 1.54) is 12.8 Å². The van der Waals surface area contributed by atoms with Gasteiger partial charge in [0.2, 0.25) is 0 Å². The normalized spacial score (nSPS) is 20.3. The number of amides is 1. The van der Waals surface area contributed by atoms with E-state index in [0.717, 1.165) is 64.0 Å². The van der Waals surface area contributed by atoms with Crippen molar-refractivity contribution in [2.45, 2.75) is 65.9 Å². The lowest BCUT2D eigenvalue weighted by molar-refractivity contribution is 0.0187. The summed E-state index contributed by atoms with van der Waals surface area (Å²) in [7, 11) is 0. The molecule has 2 rings (SSSR count). The Labute approximate surface area is 182 Å². The van der Waals surface area contributed by atoms with Gasteiger partial charge in [0.25, 0.3) is 0 Å². The van der Waals surface area contributed by atoms with Crippen molar-refractivity contribution in [1.29, 1.82) is 0 Å². The third-order valence-corrected chi connectivity index (χ3v) is 5.18. The van der Waals surface area contributed by atoms with Crippen LogP contribution < -0.4 is 5.32 Å². The highest BCUT2D eigenvalue weighted by Crippen LogP contribution is 2.21. The van der Waals surface area contributed by atoms with Crippen LogP contribution in [0.1, 0.15) is 60.3 Å². The number of likely N-dealkylation sites (tertiary alicyclic amines) is 2. The second-order valence-electron chi connectivity index (χ2n) is 8.77. The van der Waals surface area contributed by atoms with E-state index < -0.39 is 5.60 Å². The topological polar surface area (TPSA) is 57.2 Å². The summed E-state index contributed by atoms with van der Waals surface area (Å²) in [5, 5.41) is 3.45. The number of hydrogen-bond donors (Lipinski definition) is 1. The molecule has 2 heterocycles. The van der Waals surface area contributed by atoms with Crippen LogP contribution in [0.25, 0.3) is 0 Å². The molecule has 2 fully saturated rings. The zero-order valence-electron chi connectivity index (χ0n) is 17.8. The summed E-state index contributed by atoms with van der Waals surface area (Å²) in [6.45, 7) is 15.7. The van der Waals surface area contributed by atoms with Crippen LogP contribution in [0.4, 0.5) is 4.79 Å². The zero-order chi connectivity index (χ0) is 19.2. The van der Waals surface area contributed by atoms with E-state index in [1.54, 1.807) is 0 Å². The Balaban J connectivity index is 0.00000364. The lowest BCUT2D eigenvalue weighted by Gasteiger charge is -2.34. The van der Waals surface area contributed by atoms with Crippen molar-refractivity contribution in [3.63, 3.8) is 0 Å². The van der Waals surface area contributed by atoms with Crippen molar-refractivity contribution in [2.75, 3.05) is 39.3 Å². The Morgan fingerprint density at radius 3 is 2.15 bits per heavy atom. The zero-order valence-corrected chi connectivity index (χ0v) is 20.1. The molecule has 1 amide bonds. The Kier molecular flexibility index (Phi) is 10.2. The average Bonchev–Trinajstić information content (AvgIpc) is 2.58. The maximum Gasteiger partial charge on any atom is 0.410 e. The number of aliphatic imine (C=N–C) groups is 1. The molecule has 0 aromatic carbocycles. The molecular weight excluding hydrogens is 455 g/mol. The van der Waals surface area contributed by atoms with Gasteiger partial charge in [0.15, 0.2) is 5.96 Å². The van der Waals surface area contributed by atoms with Gasteiger partial charge in [0.1, 0.15) is 5.60 Å². The fourth-order valence-electron chi connectivity index (χ4n) is 3.49. The molecule has 0 radical (unpaired) electrons. The highest BCUT2D eigenvalue weighted by molar-refractivity contribution is 14.0. The third kappa shape index (κ3) is 8.44. The van der Waals surface area contributed by atoms with Crippen molar-refractivity contribution in [2.24, 2.45) is 16.8 Å². The van der Waals surface area contributed by atoms with E-state index in [2.05, 4.69) is 24.1 Å². The van der Waals surface area contributed by atoms with Crippen molar-refractivity contribution < 1.29 is 9.53 Å². The van der Waals surface area contributed by atoms with Gasteiger partial charge in [-0.15, -0.1) is 24.0 Å². The van der Waals surface area contributed by atoms with Crippen molar-refractivity contribution in [3.8, 4) is 0 Å². The summed E-state index contributed by atoms with van der Waals surface area (Å²) >= 11 is 0. The van der Waals surface area contributed by atoms with Crippen LogP contribution in [0.2, 0.25) is 0 Å². The highest BCUT2D eigenvalue weighted by Gasteiger charge is 2.27. The molecule has 158 valence electrons. The molecular formula is C20H39IN4O2. The number of guanidine groups is 1. The molecule has 2 aliphatic heterocycles. The van der Waals surface area contributed by atoms with Crippen LogP contribution in [0.3, 0.4) is 0 Å². The number of nitrogens with zero attached hydrogens (tertiary/aromatic N) is 3. The standard InChI is InChI=1S/C20H38N4O2.HI/c1-6-21-18(23-11-7-16(2)8-12-23)22-15-17-9-13-24(14-10-17)19(25)26-20(3,4)5;/h16-17H,6-15H2,1-5H3,(H,21,22);1H. The molecule has 6 nitrogen and oxygen atoms in total. The average molecular weight is 494 g/mol. The molecule has 27 heavy (non-hydrogen) atoms. The number of piperidine rings is 2. The molecule has 2 saturated heterocycles. The minimum Gasteiger partial charge on any atom is -0.444 e. The van der Waals surface area contributed by atoms with Crippen LogP contribution in [0, 0.1) is 11.8 Å². The number of hydrogen-bond acceptors (Lipinski definition) is 3. The summed E-state index contributed by atoms with van der Waals surface area (Å²) in [5.41, 5.74) is -0.426. The largest absolute Gasteiger partial charge is 0.444 e. The molecule has 0 aromatic rings. The maximum atomic E-state index is 12.2. The Bertz CT molecular complexity index is 477. The molecule has 0 saturated carbocycles. The summed E-state index contributed by atoms with van der Waals surface area (Å²) in [5.74, 6) is 2.44. The molecule has 2 aliphatic rings. The molecule has 0 atom stereocenters. The third-order valence-electron chi connectivity index (χ3n) is 5.18. The summed E-state index contributed by atoms with van der Waals surface area (Å²) in [4.78, 5) is 21.3. The number of rotatable bonds is 3. The predicted molar refractivity (Wildman–Crippen MR) is 122 cm³/mol. The van der Waals surface area contributed by atoms with Crippen LogP contribution in [-0.2, 0) is 4.74 Å². The van der Waals surface area contributed by atoms with Crippen molar-refractivity contribution in [3.05, 3.63) is 0 Å². The second-order valence-corrected chi connectivity index (χ2v) is 8.77. The summed E-state index contributed by atoms with van der Waals surface area (Å²) in [6, 6.07) is 0. The van der Waals surface area contributed by atoms with Gasteiger partial charge in [-0.05, 0) is 65.2 Å². The minimum absolute atomic E-state index is 0. The fraction of sp³-hybridized carbons (Fsp3) is 0.900. The molecule has 0 aliphatic carbocycles. The number of carbonyl (C=O) groups excluding carboxylic acids is 1. The van der Waals surface area contributed by atoms with Gasteiger partial charge in [-0.2, -0.15) is 0 Å². The van der Waals surface area contributed by atoms with E-state index in [0.29, 0.717) is 5.92 Å². The van der Waals surface area contributed by atoms with E-state index in [4.69, 9.17) is 9.73 Å². The molecule has 7 heteroatoms. The minimum atomic E-state index is -0.426. The molecule has 0 aromatic heterocycles. The highest BCUT2D eigenvalue weighted by atomic mass is 127. The first kappa shape index (κ1) is 24.3. The quantitative estimate of drug-likeness (QED) is 0.367. The van der Waals surface area contributed by atoms with Gasteiger partial charge < -0.3 is 19.9 Å². The Morgan fingerprint density at radius 1 is 1.07 bits per heavy atom. The molecule has 0 bridgehead atoms. The van der Waals surface area contributed by atoms with Crippen molar-refractivity contribution in [1.82, 2.24) is 15.1 Å². The number of carbonyl (C=O) groups is 1. The Morgan fingerprint density at radius 2 is 1.63 bits per heavy atom. The van der Waals surface area contributed by atoms with E-state index >= 15 is 0 Å². The van der Waals surface area contributed by atoms with Crippen LogP contribution in [0.15, 0.2) is 4.99 Å². The summed E-state index contributed by atoms with van der Waals surface area (Å²) in [6.07, 6.45) is 4.31. The predicted octanol–water partition coefficient (Wildman–Crippen LogP) is 3.95. The van der Waals surface area contributed by atoms with E-state index in [-0.39, 0.29) is 30.1 Å². The fourth-order valence-corrected chi connectivity index (χ4v) is 3.49. The number of ether oxygens (including phenoxy) is 1. The van der Waals surface area contributed by atoms with Gasteiger partial charge in [-0.25, -0.2) is 4.79 Å². The number of nitrogens with one attached hydrogen (secondary N) is 1. The lowest BCUT2D eigenvalue weighted by Crippen LogP contribution is -2.46. The second kappa shape index (κ2) is 11.3. The number of halogens is 1. The van der Waals surface area contributed by atoms with Gasteiger partial charge in [-0.1, -0.05) is 6.92 Å². The summed E-state index contributed by atoms with van der Waals surface area (Å²) < 4.78 is 5.47. The lowest BCUT2D eigenvalue weighted by atomic mass is 9.97. The van der Waals surface area contributed by atoms with Gasteiger partial charge in [0, 0.05) is 39.3 Å². The van der Waals surface area contributed by atoms with Gasteiger partial charge in [-0.3, -0.25) is 4.99 Å². The maximum absolute atomic E-state index is 12.2. The first-order valence-electron chi connectivity index (χ1n) is 10.3. The van der Waals surface area contributed by atoms with Crippen LogP contribution >= 0.6 is 24.0 Å². The van der Waals surface area contributed by atoms with Crippen LogP contribution in [0.5, 0.6) is 0 Å². The monoisotopic (exact) mass is 494 g/mol. The van der Waals surface area contributed by atoms with Crippen LogP contribution in [-0.4, -0.2) is 66.7 Å². The molecule has 0 spiro atoms. The molecule has 0 unspecified atom stereocenters. The first-order chi connectivity index (χ1) is 12.3. The molecule has 1 N–H and O–H groups in total. The van der Waals surface area contributed by atoms with Gasteiger partial charge in [0.05, 0.1) is 0 Å². The smallest absolute Gasteiger partial charge is 0.410 e. The SMILES string of the molecule is CCNC(=NCC1CCN(C(=O)OC(C)(C)C)CC1)N1CCC(C)CC1.I. The van der Waals surface area contributed by atoms with Crippen molar-refractivity contribution >= 4 is 36.0 Å². The van der Waals surface area contributed by atoms with E-state index in [1.807, 2.05) is 25.7 Å². The Hall–Kier alpha value is -0.730. The van der Waals surface area contributed by atoms with Gasteiger partial charge >= 0.3 is 6.09 Å². The van der Waals surface area contributed by atoms with E-state index in [9.17, 15) is 4.79 Å².